The van der Waals surface area contributed by atoms with Gasteiger partial charge in [0.2, 0.25) is 0 Å². The van der Waals surface area contributed by atoms with Crippen molar-refractivity contribution in [1.82, 2.24) is 0 Å². The molecule has 0 aromatic heterocycles. The summed E-state index contributed by atoms with van der Waals surface area (Å²) in [6.07, 6.45) is 2.40. The van der Waals surface area contributed by atoms with Gasteiger partial charge in [-0.15, -0.1) is 0 Å². The van der Waals surface area contributed by atoms with E-state index >= 15 is 0 Å². The van der Waals surface area contributed by atoms with Crippen molar-refractivity contribution in [3.8, 4) is 0 Å². The van der Waals surface area contributed by atoms with Crippen LogP contribution in [0, 0.1) is 10.8 Å². The minimum atomic E-state index is 0.283. The molecule has 0 saturated carbocycles. The van der Waals surface area contributed by atoms with Crippen molar-refractivity contribution in [2.75, 3.05) is 0 Å². The van der Waals surface area contributed by atoms with Crippen LogP contribution in [-0.4, -0.2) is 0 Å². The Hall–Kier alpha value is -0.260. The Kier molecular flexibility index (Phi) is 3.56. The lowest BCUT2D eigenvalue weighted by Crippen LogP contribution is -2.12. The maximum Gasteiger partial charge on any atom is -0.0176 e. The van der Waals surface area contributed by atoms with E-state index in [1.807, 2.05) is 0 Å². The third-order valence-electron chi connectivity index (χ3n) is 2.24. The van der Waals surface area contributed by atoms with E-state index in [1.165, 1.54) is 12.0 Å². The highest BCUT2D eigenvalue weighted by Crippen LogP contribution is 2.31. The third-order valence-corrected chi connectivity index (χ3v) is 2.24. The first-order chi connectivity index (χ1) is 5.13. The van der Waals surface area contributed by atoms with Crippen LogP contribution in [0.2, 0.25) is 0 Å². The van der Waals surface area contributed by atoms with Crippen LogP contribution in [0.4, 0.5) is 0 Å². The van der Waals surface area contributed by atoms with Crippen molar-refractivity contribution in [3.05, 3.63) is 12.2 Å². The molecule has 0 aliphatic rings. The van der Waals surface area contributed by atoms with Gasteiger partial charge in [0.15, 0.2) is 0 Å². The first kappa shape index (κ1) is 11.7. The van der Waals surface area contributed by atoms with Crippen LogP contribution < -0.4 is 0 Å². The highest BCUT2D eigenvalue weighted by molar-refractivity contribution is 5.05. The van der Waals surface area contributed by atoms with Gasteiger partial charge in [-0.2, -0.15) is 0 Å². The smallest absolute Gasteiger partial charge is 0.0176 e. The number of hydrogen-bond donors (Lipinski definition) is 0. The molecule has 0 aliphatic carbocycles. The van der Waals surface area contributed by atoms with Crippen LogP contribution in [0.1, 0.15) is 54.4 Å². The van der Waals surface area contributed by atoms with E-state index in [0.717, 1.165) is 6.42 Å². The molecule has 72 valence electrons. The van der Waals surface area contributed by atoms with Crippen LogP contribution in [0.3, 0.4) is 0 Å². The average molecular weight is 168 g/mol. The van der Waals surface area contributed by atoms with Gasteiger partial charge in [-0.25, -0.2) is 0 Å². The Balaban J connectivity index is 3.90. The highest BCUT2D eigenvalue weighted by atomic mass is 14.2. The molecule has 0 spiro atoms. The van der Waals surface area contributed by atoms with Crippen molar-refractivity contribution < 1.29 is 0 Å². The molecule has 0 saturated heterocycles. The molecule has 0 radical (unpaired) electrons. The monoisotopic (exact) mass is 168 g/mol. The zero-order chi connectivity index (χ0) is 9.99. The molecule has 0 atom stereocenters. The van der Waals surface area contributed by atoms with Gasteiger partial charge in [0.25, 0.3) is 0 Å². The van der Waals surface area contributed by atoms with Gasteiger partial charge in [0.05, 0.1) is 0 Å². The fourth-order valence-corrected chi connectivity index (χ4v) is 0.901. The molecule has 0 aliphatic heterocycles. The van der Waals surface area contributed by atoms with E-state index in [9.17, 15) is 0 Å². The molecule has 0 nitrogen and oxygen atoms in total. The molecule has 0 unspecified atom stereocenters. The highest BCUT2D eigenvalue weighted by Gasteiger charge is 2.17. The molecule has 0 heteroatoms. The molecule has 0 fully saturated rings. The molecule has 0 N–H and O–H groups in total. The molecule has 0 bridgehead atoms. The van der Waals surface area contributed by atoms with Crippen LogP contribution in [0.25, 0.3) is 0 Å². The van der Waals surface area contributed by atoms with Gasteiger partial charge in [-0.1, -0.05) is 53.7 Å². The summed E-state index contributed by atoms with van der Waals surface area (Å²) in [5.41, 5.74) is 2.09. The second kappa shape index (κ2) is 3.64. The van der Waals surface area contributed by atoms with Crippen LogP contribution in [0.15, 0.2) is 12.2 Å². The Morgan fingerprint density at radius 1 is 1.00 bits per heavy atom. The van der Waals surface area contributed by atoms with Crippen molar-refractivity contribution in [2.24, 2.45) is 10.8 Å². The summed E-state index contributed by atoms with van der Waals surface area (Å²) in [6, 6.07) is 0. The SMILES string of the molecule is C=C(CCC(C)(C)C)C(C)(C)C. The van der Waals surface area contributed by atoms with Gasteiger partial charge >= 0.3 is 0 Å². The first-order valence-corrected chi connectivity index (χ1v) is 4.81. The fraction of sp³-hybridized carbons (Fsp3) is 0.833. The lowest BCUT2D eigenvalue weighted by atomic mass is 9.80. The molecule has 12 heavy (non-hydrogen) atoms. The largest absolute Gasteiger partial charge is 0.0993 e. The quantitative estimate of drug-likeness (QED) is 0.536. The molecule has 0 aromatic rings. The fourth-order valence-electron chi connectivity index (χ4n) is 0.901. The van der Waals surface area contributed by atoms with Crippen LogP contribution in [0.5, 0.6) is 0 Å². The number of allylic oxidation sites excluding steroid dienone is 1. The molecule has 0 heterocycles. The van der Waals surface area contributed by atoms with Gasteiger partial charge in [-0.05, 0) is 23.7 Å². The summed E-state index contributed by atoms with van der Waals surface area (Å²) in [6.45, 7) is 17.7. The number of hydrogen-bond acceptors (Lipinski definition) is 0. The van der Waals surface area contributed by atoms with E-state index in [4.69, 9.17) is 0 Å². The van der Waals surface area contributed by atoms with E-state index in [-0.39, 0.29) is 5.41 Å². The van der Waals surface area contributed by atoms with Crippen molar-refractivity contribution in [1.29, 1.82) is 0 Å². The third kappa shape index (κ3) is 5.40. The van der Waals surface area contributed by atoms with Crippen molar-refractivity contribution in [3.63, 3.8) is 0 Å². The second-order valence-electron chi connectivity index (χ2n) is 5.91. The average Bonchev–Trinajstić information content (AvgIpc) is 1.78. The lowest BCUT2D eigenvalue weighted by molar-refractivity contribution is 0.358. The van der Waals surface area contributed by atoms with E-state index in [1.54, 1.807) is 0 Å². The molecule has 0 rings (SSSR count). The predicted molar refractivity (Wildman–Crippen MR) is 57.3 cm³/mol. The lowest BCUT2D eigenvalue weighted by Gasteiger charge is -2.25. The molecular formula is C12H24. The topological polar surface area (TPSA) is 0 Å². The Bertz CT molecular complexity index is 150. The summed E-state index contributed by atoms with van der Waals surface area (Å²) < 4.78 is 0. The first-order valence-electron chi connectivity index (χ1n) is 4.81. The summed E-state index contributed by atoms with van der Waals surface area (Å²) >= 11 is 0. The molecule has 0 amide bonds. The van der Waals surface area contributed by atoms with Gasteiger partial charge in [-0.3, -0.25) is 0 Å². The van der Waals surface area contributed by atoms with Gasteiger partial charge < -0.3 is 0 Å². The van der Waals surface area contributed by atoms with Gasteiger partial charge in [0.1, 0.15) is 0 Å². The Labute approximate surface area is 78.1 Å². The van der Waals surface area contributed by atoms with E-state index < -0.39 is 0 Å². The van der Waals surface area contributed by atoms with Crippen molar-refractivity contribution >= 4 is 0 Å². The summed E-state index contributed by atoms with van der Waals surface area (Å²) in [4.78, 5) is 0. The summed E-state index contributed by atoms with van der Waals surface area (Å²) in [5.74, 6) is 0. The van der Waals surface area contributed by atoms with Crippen LogP contribution >= 0.6 is 0 Å². The zero-order valence-corrected chi connectivity index (χ0v) is 9.62. The maximum absolute atomic E-state index is 4.13. The van der Waals surface area contributed by atoms with Gasteiger partial charge in [0, 0.05) is 0 Å². The Morgan fingerprint density at radius 3 is 1.67 bits per heavy atom. The number of rotatable bonds is 2. The normalized spacial score (nSPS) is 13.2. The zero-order valence-electron chi connectivity index (χ0n) is 9.62. The minimum Gasteiger partial charge on any atom is -0.0993 e. The molecule has 0 aromatic carbocycles. The van der Waals surface area contributed by atoms with Crippen molar-refractivity contribution in [2.45, 2.75) is 54.4 Å². The Morgan fingerprint density at radius 2 is 1.42 bits per heavy atom. The minimum absolute atomic E-state index is 0.283. The van der Waals surface area contributed by atoms with E-state index in [2.05, 4.69) is 48.1 Å². The summed E-state index contributed by atoms with van der Waals surface area (Å²) in [7, 11) is 0. The standard InChI is InChI=1S/C12H24/c1-10(12(5,6)7)8-9-11(2,3)4/h1,8-9H2,2-7H3. The maximum atomic E-state index is 4.13. The second-order valence-corrected chi connectivity index (χ2v) is 5.91. The predicted octanol–water partition coefficient (Wildman–Crippen LogP) is 4.42. The molecular weight excluding hydrogens is 144 g/mol. The summed E-state index contributed by atoms with van der Waals surface area (Å²) in [5, 5.41) is 0. The van der Waals surface area contributed by atoms with Crippen LogP contribution in [-0.2, 0) is 0 Å². The van der Waals surface area contributed by atoms with E-state index in [0.29, 0.717) is 5.41 Å².